The van der Waals surface area contributed by atoms with Gasteiger partial charge >= 0.3 is 0 Å². The van der Waals surface area contributed by atoms with E-state index in [1.54, 1.807) is 18.2 Å². The highest BCUT2D eigenvalue weighted by Crippen LogP contribution is 2.14. The number of anilines is 1. The average Bonchev–Trinajstić information content (AvgIpc) is 2.60. The second-order valence-electron chi connectivity index (χ2n) is 4.68. The van der Waals surface area contributed by atoms with Crippen LogP contribution < -0.4 is 15.4 Å². The highest BCUT2D eigenvalue weighted by molar-refractivity contribution is 7.89. The minimum Gasteiger partial charge on any atom is -0.342 e. The highest BCUT2D eigenvalue weighted by atomic mass is 32.2. The summed E-state index contributed by atoms with van der Waals surface area (Å²) in [5, 5.41) is 4.95. The molecule has 1 heterocycles. The first-order valence-electron chi connectivity index (χ1n) is 6.95. The number of nitrogens with zero attached hydrogens (tertiary/aromatic N) is 1. The Balaban J connectivity index is 1.96. The Bertz CT molecular complexity index is 838. The molecule has 0 saturated heterocycles. The van der Waals surface area contributed by atoms with Crippen molar-refractivity contribution in [3.05, 3.63) is 54.4 Å². The predicted molar refractivity (Wildman–Crippen MR) is 87.9 cm³/mol. The van der Waals surface area contributed by atoms with E-state index in [1.807, 2.05) is 0 Å². The summed E-state index contributed by atoms with van der Waals surface area (Å²) in [6, 6.07) is 10.7. The Labute approximate surface area is 139 Å². The molecule has 0 fully saturated rings. The lowest BCUT2D eigenvalue weighted by molar-refractivity contribution is -0.115. The first-order chi connectivity index (χ1) is 11.4. The molecule has 1 aromatic carbocycles. The van der Waals surface area contributed by atoms with Crippen molar-refractivity contribution >= 4 is 27.5 Å². The fourth-order valence-electron chi connectivity index (χ4n) is 1.81. The number of amides is 2. The number of aromatic nitrogens is 1. The Morgan fingerprint density at radius 1 is 1.12 bits per heavy atom. The summed E-state index contributed by atoms with van der Waals surface area (Å²) in [5.41, 5.74) is 0.510. The van der Waals surface area contributed by atoms with Gasteiger partial charge in [-0.25, -0.2) is 13.1 Å². The largest absolute Gasteiger partial charge is 0.342 e. The summed E-state index contributed by atoms with van der Waals surface area (Å²) in [6.07, 6.45) is 1.47. The normalized spacial score (nSPS) is 10.9. The maximum absolute atomic E-state index is 11.9. The molecule has 2 amide bonds. The quantitative estimate of drug-likeness (QED) is 0.697. The molecule has 0 bridgehead atoms. The molecule has 0 atom stereocenters. The average molecular weight is 348 g/mol. The van der Waals surface area contributed by atoms with Crippen molar-refractivity contribution < 1.29 is 18.0 Å². The molecule has 0 saturated carbocycles. The number of hydrogen-bond donors (Lipinski definition) is 3. The second-order valence-corrected chi connectivity index (χ2v) is 6.57. The molecule has 2 rings (SSSR count). The Hall–Kier alpha value is -2.78. The highest BCUT2D eigenvalue weighted by Gasteiger charge is 2.13. The maximum Gasteiger partial charge on any atom is 0.270 e. The molecule has 0 radical (unpaired) electrons. The van der Waals surface area contributed by atoms with Gasteiger partial charge in [0.2, 0.25) is 15.9 Å². The molecule has 9 heteroatoms. The fourth-order valence-corrected chi connectivity index (χ4v) is 2.59. The number of benzene rings is 1. The van der Waals surface area contributed by atoms with Crippen LogP contribution in [0.25, 0.3) is 0 Å². The summed E-state index contributed by atoms with van der Waals surface area (Å²) in [4.78, 5) is 27.6. The van der Waals surface area contributed by atoms with E-state index in [4.69, 9.17) is 0 Å². The van der Waals surface area contributed by atoms with Gasteiger partial charge in [0.25, 0.3) is 5.91 Å². The number of pyridine rings is 1. The first kappa shape index (κ1) is 17.6. The summed E-state index contributed by atoms with van der Waals surface area (Å²) >= 11 is 0. The molecular formula is C15H16N4O4S. The van der Waals surface area contributed by atoms with Crippen molar-refractivity contribution in [1.29, 1.82) is 0 Å². The molecule has 0 spiro atoms. The first-order valence-corrected chi connectivity index (χ1v) is 8.43. The van der Waals surface area contributed by atoms with Crippen LogP contribution in [-0.2, 0) is 14.8 Å². The van der Waals surface area contributed by atoms with Gasteiger partial charge in [0.1, 0.15) is 5.69 Å². The zero-order valence-electron chi connectivity index (χ0n) is 12.8. The molecule has 24 heavy (non-hydrogen) atoms. The van der Waals surface area contributed by atoms with E-state index in [0.717, 1.165) is 0 Å². The van der Waals surface area contributed by atoms with E-state index < -0.39 is 21.8 Å². The lowest BCUT2D eigenvalue weighted by atomic mass is 10.3. The van der Waals surface area contributed by atoms with Gasteiger partial charge in [-0.1, -0.05) is 12.1 Å². The molecule has 3 N–H and O–H groups in total. The van der Waals surface area contributed by atoms with E-state index in [-0.39, 0.29) is 17.1 Å². The van der Waals surface area contributed by atoms with Crippen LogP contribution in [0.4, 0.5) is 5.69 Å². The summed E-state index contributed by atoms with van der Waals surface area (Å²) in [7, 11) is -2.30. The van der Waals surface area contributed by atoms with Gasteiger partial charge in [0.15, 0.2) is 0 Å². The Morgan fingerprint density at radius 2 is 1.92 bits per heavy atom. The molecule has 8 nitrogen and oxygen atoms in total. The molecular weight excluding hydrogens is 332 g/mol. The summed E-state index contributed by atoms with van der Waals surface area (Å²) in [6.45, 7) is -0.265. The number of carbonyl (C=O) groups is 2. The SMILES string of the molecule is CNS(=O)(=O)c1cccc(NC(=O)CNC(=O)c2ccccn2)c1. The van der Waals surface area contributed by atoms with Crippen LogP contribution >= 0.6 is 0 Å². The fraction of sp³-hybridized carbons (Fsp3) is 0.133. The minimum absolute atomic E-state index is 0.0281. The number of nitrogens with one attached hydrogen (secondary N) is 3. The van der Waals surface area contributed by atoms with Gasteiger partial charge in [-0.15, -0.1) is 0 Å². The van der Waals surface area contributed by atoms with Crippen molar-refractivity contribution in [2.24, 2.45) is 0 Å². The van der Waals surface area contributed by atoms with Crippen molar-refractivity contribution in [3.8, 4) is 0 Å². The number of hydrogen-bond acceptors (Lipinski definition) is 5. The van der Waals surface area contributed by atoms with Crippen LogP contribution in [-0.4, -0.2) is 38.8 Å². The van der Waals surface area contributed by atoms with E-state index in [2.05, 4.69) is 20.3 Å². The van der Waals surface area contributed by atoms with Crippen molar-refractivity contribution in [2.75, 3.05) is 18.9 Å². The standard InChI is InChI=1S/C15H16N4O4S/c1-16-24(22,23)12-6-4-5-11(9-12)19-14(20)10-18-15(21)13-7-2-3-8-17-13/h2-9,16H,10H2,1H3,(H,18,21)(H,19,20). The summed E-state index contributed by atoms with van der Waals surface area (Å²) < 4.78 is 25.6. The van der Waals surface area contributed by atoms with E-state index in [1.165, 1.54) is 37.5 Å². The van der Waals surface area contributed by atoms with Gasteiger partial charge in [0, 0.05) is 11.9 Å². The zero-order chi connectivity index (χ0) is 17.6. The van der Waals surface area contributed by atoms with Crippen molar-refractivity contribution in [2.45, 2.75) is 4.90 Å². The van der Waals surface area contributed by atoms with Gasteiger partial charge < -0.3 is 10.6 Å². The molecule has 1 aromatic heterocycles. The Kier molecular flexibility index (Phi) is 5.61. The third kappa shape index (κ3) is 4.61. The molecule has 0 unspecified atom stereocenters. The maximum atomic E-state index is 11.9. The van der Waals surface area contributed by atoms with Crippen LogP contribution in [0.2, 0.25) is 0 Å². The molecule has 0 aliphatic carbocycles. The van der Waals surface area contributed by atoms with Crippen molar-refractivity contribution in [1.82, 2.24) is 15.0 Å². The van der Waals surface area contributed by atoms with Crippen LogP contribution in [0.5, 0.6) is 0 Å². The third-order valence-electron chi connectivity index (χ3n) is 3.00. The van der Waals surface area contributed by atoms with E-state index >= 15 is 0 Å². The topological polar surface area (TPSA) is 117 Å². The molecule has 2 aromatic rings. The third-order valence-corrected chi connectivity index (χ3v) is 4.42. The van der Waals surface area contributed by atoms with Gasteiger partial charge in [-0.05, 0) is 37.4 Å². The lowest BCUT2D eigenvalue weighted by Gasteiger charge is -2.08. The monoisotopic (exact) mass is 348 g/mol. The number of carbonyl (C=O) groups excluding carboxylic acids is 2. The van der Waals surface area contributed by atoms with E-state index in [9.17, 15) is 18.0 Å². The lowest BCUT2D eigenvalue weighted by Crippen LogP contribution is -2.33. The van der Waals surface area contributed by atoms with Crippen LogP contribution in [0.15, 0.2) is 53.6 Å². The number of rotatable bonds is 6. The zero-order valence-corrected chi connectivity index (χ0v) is 13.6. The van der Waals surface area contributed by atoms with E-state index in [0.29, 0.717) is 5.69 Å². The van der Waals surface area contributed by atoms with Gasteiger partial charge in [0.05, 0.1) is 11.4 Å². The van der Waals surface area contributed by atoms with Crippen LogP contribution in [0, 0.1) is 0 Å². The van der Waals surface area contributed by atoms with Crippen LogP contribution in [0.3, 0.4) is 0 Å². The van der Waals surface area contributed by atoms with Crippen LogP contribution in [0.1, 0.15) is 10.5 Å². The minimum atomic E-state index is -3.60. The number of sulfonamides is 1. The molecule has 0 aliphatic heterocycles. The van der Waals surface area contributed by atoms with Crippen molar-refractivity contribution in [3.63, 3.8) is 0 Å². The van der Waals surface area contributed by atoms with Gasteiger partial charge in [-0.3, -0.25) is 14.6 Å². The smallest absolute Gasteiger partial charge is 0.270 e. The molecule has 0 aliphatic rings. The second kappa shape index (κ2) is 7.66. The summed E-state index contributed by atoms with van der Waals surface area (Å²) in [5.74, 6) is -0.962. The van der Waals surface area contributed by atoms with Gasteiger partial charge in [-0.2, -0.15) is 0 Å². The molecule has 126 valence electrons. The predicted octanol–water partition coefficient (Wildman–Crippen LogP) is 0.358. The Morgan fingerprint density at radius 3 is 2.58 bits per heavy atom.